The summed E-state index contributed by atoms with van der Waals surface area (Å²) in [6, 6.07) is 40.4. The van der Waals surface area contributed by atoms with Crippen LogP contribution in [-0.4, -0.2) is 11.1 Å². The lowest BCUT2D eigenvalue weighted by Crippen LogP contribution is -1.94. The summed E-state index contributed by atoms with van der Waals surface area (Å²) in [5.74, 6) is -0.928. The Kier molecular flexibility index (Phi) is 9.18. The number of carboxylic acid groups (broad SMARTS) is 1. The number of aryl methyl sites for hydroxylation is 1. The molecule has 5 aromatic rings. The number of rotatable bonds is 9. The van der Waals surface area contributed by atoms with Crippen LogP contribution >= 0.6 is 0 Å². The molecule has 42 heavy (non-hydrogen) atoms. The zero-order valence-electron chi connectivity index (χ0n) is 23.5. The first-order valence-corrected chi connectivity index (χ1v) is 13.9. The van der Waals surface area contributed by atoms with Crippen LogP contribution in [0.1, 0.15) is 60.4 Å². The third-order valence-electron chi connectivity index (χ3n) is 6.94. The Bertz CT molecular complexity index is 1750. The summed E-state index contributed by atoms with van der Waals surface area (Å²) in [4.78, 5) is 11.3. The third-order valence-corrected chi connectivity index (χ3v) is 6.94. The number of aromatic carboxylic acids is 1. The third kappa shape index (κ3) is 7.80. The van der Waals surface area contributed by atoms with Crippen molar-refractivity contribution in [2.75, 3.05) is 0 Å². The molecule has 2 nitrogen and oxygen atoms in total. The topological polar surface area (TPSA) is 37.3 Å². The second kappa shape index (κ2) is 13.7. The van der Waals surface area contributed by atoms with Crippen molar-refractivity contribution < 1.29 is 9.90 Å². The van der Waals surface area contributed by atoms with Crippen LogP contribution in [0.2, 0.25) is 0 Å². The van der Waals surface area contributed by atoms with E-state index in [2.05, 4.69) is 110 Å². The lowest BCUT2D eigenvalue weighted by Gasteiger charge is -2.10. The van der Waals surface area contributed by atoms with E-state index in [-0.39, 0.29) is 5.56 Å². The van der Waals surface area contributed by atoms with Crippen LogP contribution in [0.3, 0.4) is 0 Å². The molecule has 0 heterocycles. The minimum absolute atomic E-state index is 0.275. The van der Waals surface area contributed by atoms with Gasteiger partial charge >= 0.3 is 5.97 Å². The second-order valence-corrected chi connectivity index (χ2v) is 10.1. The summed E-state index contributed by atoms with van der Waals surface area (Å²) < 4.78 is 0. The van der Waals surface area contributed by atoms with Gasteiger partial charge in [-0.05, 0) is 75.7 Å². The normalized spacial score (nSPS) is 11.7. The molecule has 0 aliphatic heterocycles. The van der Waals surface area contributed by atoms with Crippen LogP contribution in [0.15, 0.2) is 121 Å². The van der Waals surface area contributed by atoms with Gasteiger partial charge in [0, 0.05) is 0 Å². The van der Waals surface area contributed by atoms with E-state index in [1.807, 2.05) is 54.6 Å². The smallest absolute Gasteiger partial charge is 0.335 e. The Balaban J connectivity index is 1.59. The van der Waals surface area contributed by atoms with Gasteiger partial charge in [0.2, 0.25) is 0 Å². The molecule has 0 saturated carbocycles. The van der Waals surface area contributed by atoms with Gasteiger partial charge in [0.25, 0.3) is 0 Å². The van der Waals surface area contributed by atoms with Crippen LogP contribution in [0.25, 0.3) is 48.6 Å². The molecule has 0 aromatic heterocycles. The first-order valence-electron chi connectivity index (χ1n) is 13.9. The molecule has 0 spiro atoms. The van der Waals surface area contributed by atoms with E-state index in [4.69, 9.17) is 0 Å². The van der Waals surface area contributed by atoms with Gasteiger partial charge in [0.15, 0.2) is 0 Å². The standard InChI is InChI=1S/C40H32O2/c1-30-12-14-33(15-13-30)20-26-38-28-36(24-18-31-8-4-2-5-9-31)37(25-19-32-10-6-3-7-11-32)29-39(38)27-21-34-16-22-35(23-17-34)40(41)42/h2-29H,1H3,(H,41,42)/b24-18+,25-19+,26-20+,27-21+. The molecule has 0 saturated heterocycles. The zero-order chi connectivity index (χ0) is 29.1. The summed E-state index contributed by atoms with van der Waals surface area (Å²) in [6.45, 7) is 2.09. The maximum absolute atomic E-state index is 11.3. The van der Waals surface area contributed by atoms with Crippen LogP contribution in [0, 0.1) is 6.92 Å². The maximum Gasteiger partial charge on any atom is 0.335 e. The van der Waals surface area contributed by atoms with Crippen LogP contribution in [-0.2, 0) is 0 Å². The molecule has 0 bridgehead atoms. The van der Waals surface area contributed by atoms with Gasteiger partial charge in [0.05, 0.1) is 5.56 Å². The van der Waals surface area contributed by atoms with Crippen molar-refractivity contribution in [2.45, 2.75) is 6.92 Å². The Labute approximate surface area is 248 Å². The summed E-state index contributed by atoms with van der Waals surface area (Å²) >= 11 is 0. The Morgan fingerprint density at radius 3 is 1.14 bits per heavy atom. The largest absolute Gasteiger partial charge is 0.478 e. The van der Waals surface area contributed by atoms with E-state index in [9.17, 15) is 9.90 Å². The van der Waals surface area contributed by atoms with Gasteiger partial charge in [-0.3, -0.25) is 0 Å². The molecule has 0 atom stereocenters. The Hall–Kier alpha value is -5.47. The van der Waals surface area contributed by atoms with Gasteiger partial charge in [0.1, 0.15) is 0 Å². The van der Waals surface area contributed by atoms with Crippen molar-refractivity contribution in [1.29, 1.82) is 0 Å². The molecular weight excluding hydrogens is 512 g/mol. The lowest BCUT2D eigenvalue weighted by molar-refractivity contribution is 0.0697. The highest BCUT2D eigenvalue weighted by Crippen LogP contribution is 2.26. The molecule has 0 aliphatic carbocycles. The molecule has 0 fully saturated rings. The predicted molar refractivity (Wildman–Crippen MR) is 180 cm³/mol. The maximum atomic E-state index is 11.3. The fraction of sp³-hybridized carbons (Fsp3) is 0.0250. The zero-order valence-corrected chi connectivity index (χ0v) is 23.5. The quantitative estimate of drug-likeness (QED) is 0.187. The summed E-state index contributed by atoms with van der Waals surface area (Å²) in [7, 11) is 0. The minimum atomic E-state index is -0.928. The highest BCUT2D eigenvalue weighted by molar-refractivity contribution is 5.89. The molecule has 5 aromatic carbocycles. The van der Waals surface area contributed by atoms with Crippen molar-refractivity contribution in [3.8, 4) is 0 Å². The molecule has 5 rings (SSSR count). The van der Waals surface area contributed by atoms with Gasteiger partial charge < -0.3 is 5.11 Å². The average molecular weight is 545 g/mol. The number of hydrogen-bond donors (Lipinski definition) is 1. The highest BCUT2D eigenvalue weighted by atomic mass is 16.4. The van der Waals surface area contributed by atoms with Gasteiger partial charge in [-0.25, -0.2) is 4.79 Å². The van der Waals surface area contributed by atoms with Gasteiger partial charge in [-0.1, -0.05) is 151 Å². The fourth-order valence-corrected chi connectivity index (χ4v) is 4.53. The Morgan fingerprint density at radius 1 is 0.452 bits per heavy atom. The van der Waals surface area contributed by atoms with Crippen molar-refractivity contribution in [2.24, 2.45) is 0 Å². The monoisotopic (exact) mass is 544 g/mol. The van der Waals surface area contributed by atoms with Crippen molar-refractivity contribution in [3.63, 3.8) is 0 Å². The lowest BCUT2D eigenvalue weighted by atomic mass is 9.95. The van der Waals surface area contributed by atoms with E-state index < -0.39 is 5.97 Å². The number of carbonyl (C=O) groups is 1. The minimum Gasteiger partial charge on any atom is -0.478 e. The first-order chi connectivity index (χ1) is 20.5. The van der Waals surface area contributed by atoms with Crippen LogP contribution in [0.4, 0.5) is 0 Å². The summed E-state index contributed by atoms with van der Waals surface area (Å²) in [5, 5.41) is 9.26. The fourth-order valence-electron chi connectivity index (χ4n) is 4.53. The average Bonchev–Trinajstić information content (AvgIpc) is 3.03. The Morgan fingerprint density at radius 2 is 0.786 bits per heavy atom. The molecule has 204 valence electrons. The molecule has 0 unspecified atom stereocenters. The van der Waals surface area contributed by atoms with Crippen molar-refractivity contribution in [3.05, 3.63) is 177 Å². The van der Waals surface area contributed by atoms with E-state index in [0.717, 1.165) is 44.5 Å². The molecular formula is C40H32O2. The van der Waals surface area contributed by atoms with E-state index >= 15 is 0 Å². The molecule has 0 amide bonds. The molecule has 0 radical (unpaired) electrons. The van der Waals surface area contributed by atoms with Gasteiger partial charge in [-0.15, -0.1) is 0 Å². The number of carboxylic acids is 1. The van der Waals surface area contributed by atoms with E-state index in [0.29, 0.717) is 0 Å². The molecule has 2 heteroatoms. The van der Waals surface area contributed by atoms with E-state index in [1.54, 1.807) is 12.1 Å². The second-order valence-electron chi connectivity index (χ2n) is 10.1. The highest BCUT2D eigenvalue weighted by Gasteiger charge is 2.06. The molecule has 1 N–H and O–H groups in total. The van der Waals surface area contributed by atoms with Gasteiger partial charge in [-0.2, -0.15) is 0 Å². The number of hydrogen-bond acceptors (Lipinski definition) is 1. The van der Waals surface area contributed by atoms with E-state index in [1.165, 1.54) is 5.56 Å². The van der Waals surface area contributed by atoms with Crippen LogP contribution in [0.5, 0.6) is 0 Å². The SMILES string of the molecule is Cc1ccc(/C=C/c2cc(/C=C/c3ccccc3)c(/C=C/c3ccccc3)cc2/C=C/c2ccc(C(=O)O)cc2)cc1. The van der Waals surface area contributed by atoms with Crippen LogP contribution < -0.4 is 0 Å². The summed E-state index contributed by atoms with van der Waals surface area (Å²) in [6.07, 6.45) is 17.0. The predicted octanol–water partition coefficient (Wildman–Crippen LogP) is 10.4. The first kappa shape index (κ1) is 28.1. The molecule has 0 aliphatic rings. The number of benzene rings is 5. The van der Waals surface area contributed by atoms with Crippen molar-refractivity contribution >= 4 is 54.6 Å². The summed E-state index contributed by atoms with van der Waals surface area (Å²) in [5.41, 5.74) is 10.2. The van der Waals surface area contributed by atoms with Crippen molar-refractivity contribution in [1.82, 2.24) is 0 Å².